The molecule has 1 rings (SSSR count). The van der Waals surface area contributed by atoms with Gasteiger partial charge in [-0.1, -0.05) is 38.3 Å². The summed E-state index contributed by atoms with van der Waals surface area (Å²) in [6.45, 7) is 6.50. The Balaban J connectivity index is 2.70. The molecule has 20 heavy (non-hydrogen) atoms. The Morgan fingerprint density at radius 2 is 2.00 bits per heavy atom. The van der Waals surface area contributed by atoms with Crippen LogP contribution in [-0.4, -0.2) is 19.5 Å². The lowest BCUT2D eigenvalue weighted by molar-refractivity contribution is 0.0610. The van der Waals surface area contributed by atoms with Gasteiger partial charge in [0.05, 0.1) is 18.8 Å². The number of carbonyl (C=O) groups excluding carboxylic acids is 1. The van der Waals surface area contributed by atoms with E-state index in [1.807, 2.05) is 19.1 Å². The number of para-hydroxylation sites is 1. The van der Waals surface area contributed by atoms with Crippen LogP contribution in [-0.2, 0) is 4.74 Å². The van der Waals surface area contributed by atoms with E-state index in [-0.39, 0.29) is 11.9 Å². The van der Waals surface area contributed by atoms with Crippen LogP contribution in [0.4, 0.5) is 0 Å². The topological polar surface area (TPSA) is 35.5 Å². The van der Waals surface area contributed by atoms with Gasteiger partial charge in [0.25, 0.3) is 0 Å². The van der Waals surface area contributed by atoms with E-state index in [1.165, 1.54) is 19.3 Å². The average molecular weight is 278 g/mol. The number of benzene rings is 1. The first-order chi connectivity index (χ1) is 9.61. The number of hydrogen-bond acceptors (Lipinski definition) is 3. The van der Waals surface area contributed by atoms with Crippen LogP contribution in [0.25, 0.3) is 0 Å². The summed E-state index contributed by atoms with van der Waals surface area (Å²) in [6.07, 6.45) is 4.69. The normalized spacial score (nSPS) is 12.2. The molecule has 0 unspecified atom stereocenters. The highest BCUT2D eigenvalue weighted by Crippen LogP contribution is 2.31. The molecule has 0 amide bonds. The van der Waals surface area contributed by atoms with E-state index in [1.54, 1.807) is 20.1 Å². The quantitative estimate of drug-likeness (QED) is 0.491. The summed E-state index contributed by atoms with van der Waals surface area (Å²) < 4.78 is 11.3. The number of ketones is 1. The molecule has 0 fully saturated rings. The molecule has 112 valence electrons. The second kappa shape index (κ2) is 8.75. The molecule has 0 spiro atoms. The summed E-state index contributed by atoms with van der Waals surface area (Å²) in [6, 6.07) is 5.63. The molecule has 0 aliphatic heterocycles. The molecule has 1 atom stereocenters. The molecule has 0 aliphatic carbocycles. The number of ether oxygens (including phenoxy) is 2. The second-order valence-corrected chi connectivity index (χ2v) is 5.06. The maximum atomic E-state index is 11.6. The van der Waals surface area contributed by atoms with Gasteiger partial charge in [-0.3, -0.25) is 4.79 Å². The van der Waals surface area contributed by atoms with E-state index in [0.29, 0.717) is 11.3 Å². The fraction of sp³-hybridized carbons (Fsp3) is 0.588. The van der Waals surface area contributed by atoms with Crippen LogP contribution in [0.15, 0.2) is 18.2 Å². The Labute approximate surface area is 122 Å². The van der Waals surface area contributed by atoms with Crippen molar-refractivity contribution in [1.29, 1.82) is 0 Å². The minimum absolute atomic E-state index is 0.0128. The lowest BCUT2D eigenvalue weighted by Crippen LogP contribution is -2.07. The van der Waals surface area contributed by atoms with Gasteiger partial charge in [0.1, 0.15) is 5.75 Å². The molecular weight excluding hydrogens is 252 g/mol. The van der Waals surface area contributed by atoms with Crippen LogP contribution in [0.2, 0.25) is 0 Å². The van der Waals surface area contributed by atoms with Gasteiger partial charge in [-0.25, -0.2) is 0 Å². The summed E-state index contributed by atoms with van der Waals surface area (Å²) in [4.78, 5) is 11.6. The Kier molecular flexibility index (Phi) is 7.31. The first-order valence-electron chi connectivity index (χ1n) is 7.41. The third-order valence-electron chi connectivity index (χ3n) is 3.43. The zero-order valence-corrected chi connectivity index (χ0v) is 13.1. The lowest BCUT2D eigenvalue weighted by atomic mass is 10.0. The molecule has 1 aromatic carbocycles. The average Bonchev–Trinajstić information content (AvgIpc) is 2.45. The largest absolute Gasteiger partial charge is 0.496 e. The molecule has 1 aromatic rings. The van der Waals surface area contributed by atoms with Gasteiger partial charge >= 0.3 is 0 Å². The lowest BCUT2D eigenvalue weighted by Gasteiger charge is -2.18. The van der Waals surface area contributed by atoms with E-state index in [2.05, 4.69) is 6.92 Å². The van der Waals surface area contributed by atoms with Gasteiger partial charge in [0, 0.05) is 12.2 Å². The molecule has 0 radical (unpaired) electrons. The second-order valence-electron chi connectivity index (χ2n) is 5.06. The Hall–Kier alpha value is -1.35. The highest BCUT2D eigenvalue weighted by Gasteiger charge is 2.17. The third-order valence-corrected chi connectivity index (χ3v) is 3.43. The predicted octanol–water partition coefficient (Wildman–Crippen LogP) is 4.56. The smallest absolute Gasteiger partial charge is 0.163 e. The Bertz CT molecular complexity index is 426. The molecule has 0 bridgehead atoms. The number of carbonyl (C=O) groups is 1. The van der Waals surface area contributed by atoms with Crippen molar-refractivity contribution in [3.63, 3.8) is 0 Å². The van der Waals surface area contributed by atoms with E-state index in [0.717, 1.165) is 18.6 Å². The minimum Gasteiger partial charge on any atom is -0.496 e. The van der Waals surface area contributed by atoms with Crippen molar-refractivity contribution >= 4 is 5.78 Å². The number of rotatable bonds is 9. The fourth-order valence-electron chi connectivity index (χ4n) is 2.26. The predicted molar refractivity (Wildman–Crippen MR) is 81.5 cm³/mol. The van der Waals surface area contributed by atoms with Crippen LogP contribution in [0.3, 0.4) is 0 Å². The van der Waals surface area contributed by atoms with E-state index in [9.17, 15) is 4.79 Å². The minimum atomic E-state index is -0.0640. The van der Waals surface area contributed by atoms with Gasteiger partial charge < -0.3 is 9.47 Å². The molecule has 0 N–H and O–H groups in total. The van der Waals surface area contributed by atoms with Crippen molar-refractivity contribution in [3.05, 3.63) is 29.3 Å². The van der Waals surface area contributed by atoms with E-state index >= 15 is 0 Å². The number of hydrogen-bond donors (Lipinski definition) is 0. The van der Waals surface area contributed by atoms with Gasteiger partial charge in [-0.05, 0) is 26.3 Å². The molecule has 3 heteroatoms. The van der Waals surface area contributed by atoms with Gasteiger partial charge in [0.15, 0.2) is 5.78 Å². The van der Waals surface area contributed by atoms with Crippen molar-refractivity contribution in [2.45, 2.75) is 52.6 Å². The van der Waals surface area contributed by atoms with Gasteiger partial charge in [-0.15, -0.1) is 0 Å². The molecule has 0 saturated heterocycles. The maximum absolute atomic E-state index is 11.6. The van der Waals surface area contributed by atoms with Crippen LogP contribution in [0, 0.1) is 0 Å². The zero-order valence-electron chi connectivity index (χ0n) is 13.1. The van der Waals surface area contributed by atoms with Crippen LogP contribution < -0.4 is 4.74 Å². The summed E-state index contributed by atoms with van der Waals surface area (Å²) in [5, 5.41) is 0. The standard InChI is InChI=1S/C17H26O3/c1-5-6-7-8-12-20-14(3)16-11-9-10-15(13(2)18)17(16)19-4/h9-11,14H,5-8,12H2,1-4H3/t14-/m0/s1. The van der Waals surface area contributed by atoms with Crippen LogP contribution in [0.5, 0.6) is 5.75 Å². The maximum Gasteiger partial charge on any atom is 0.163 e. The van der Waals surface area contributed by atoms with E-state index in [4.69, 9.17) is 9.47 Å². The first kappa shape index (κ1) is 16.7. The SMILES string of the molecule is CCCCCCO[C@@H](C)c1cccc(C(C)=O)c1OC. The number of unbranched alkanes of at least 4 members (excludes halogenated alkanes) is 3. The summed E-state index contributed by atoms with van der Waals surface area (Å²) in [7, 11) is 1.60. The van der Waals surface area contributed by atoms with Crippen molar-refractivity contribution in [2.75, 3.05) is 13.7 Å². The first-order valence-corrected chi connectivity index (χ1v) is 7.41. The third kappa shape index (κ3) is 4.64. The Morgan fingerprint density at radius 1 is 1.25 bits per heavy atom. The fourth-order valence-corrected chi connectivity index (χ4v) is 2.26. The number of Topliss-reactive ketones (excluding diaryl/α,β-unsaturated/α-hetero) is 1. The highest BCUT2D eigenvalue weighted by atomic mass is 16.5. The summed E-state index contributed by atoms with van der Waals surface area (Å²) in [5.41, 5.74) is 1.56. The highest BCUT2D eigenvalue weighted by molar-refractivity contribution is 5.97. The molecule has 0 aromatic heterocycles. The van der Waals surface area contributed by atoms with Crippen LogP contribution in [0.1, 0.15) is 68.5 Å². The van der Waals surface area contributed by atoms with Crippen molar-refractivity contribution in [1.82, 2.24) is 0 Å². The Morgan fingerprint density at radius 3 is 2.60 bits per heavy atom. The molecule has 0 heterocycles. The van der Waals surface area contributed by atoms with E-state index < -0.39 is 0 Å². The zero-order chi connectivity index (χ0) is 15.0. The van der Waals surface area contributed by atoms with Gasteiger partial charge in [0.2, 0.25) is 0 Å². The summed E-state index contributed by atoms with van der Waals surface area (Å²) >= 11 is 0. The molecule has 0 aliphatic rings. The monoisotopic (exact) mass is 278 g/mol. The van der Waals surface area contributed by atoms with Crippen molar-refractivity contribution < 1.29 is 14.3 Å². The van der Waals surface area contributed by atoms with Gasteiger partial charge in [-0.2, -0.15) is 0 Å². The van der Waals surface area contributed by atoms with Crippen molar-refractivity contribution in [2.24, 2.45) is 0 Å². The molecule has 3 nitrogen and oxygen atoms in total. The molecule has 0 saturated carbocycles. The summed E-state index contributed by atoms with van der Waals surface area (Å²) in [5.74, 6) is 0.653. The van der Waals surface area contributed by atoms with Crippen LogP contribution >= 0.6 is 0 Å². The molecular formula is C17H26O3. The number of methoxy groups -OCH3 is 1. The van der Waals surface area contributed by atoms with Crippen molar-refractivity contribution in [3.8, 4) is 5.75 Å².